The molecule has 1 aliphatic rings. The van der Waals surface area contributed by atoms with Crippen molar-refractivity contribution in [3.05, 3.63) is 129 Å². The van der Waals surface area contributed by atoms with Gasteiger partial charge in [0.1, 0.15) is 12.6 Å². The number of amides is 2. The first-order valence-electron chi connectivity index (χ1n) is 16.1. The summed E-state index contributed by atoms with van der Waals surface area (Å²) in [6.07, 6.45) is -1.27. The van der Waals surface area contributed by atoms with Crippen molar-refractivity contribution in [3.8, 4) is 0 Å². The van der Waals surface area contributed by atoms with Crippen LogP contribution in [-0.4, -0.2) is 43.8 Å². The lowest BCUT2D eigenvalue weighted by atomic mass is 10.0. The van der Waals surface area contributed by atoms with Crippen LogP contribution >= 0.6 is 27.5 Å². The highest BCUT2D eigenvalue weighted by molar-refractivity contribution is 9.10. The Bertz CT molecular complexity index is 1910. The summed E-state index contributed by atoms with van der Waals surface area (Å²) in [5.74, 6) is -1.18. The number of hydrogen-bond donors (Lipinski definition) is 1. The predicted octanol–water partition coefficient (Wildman–Crippen LogP) is 8.32. The van der Waals surface area contributed by atoms with Gasteiger partial charge in [0, 0.05) is 23.5 Å². The van der Waals surface area contributed by atoms with Crippen LogP contribution in [0.25, 0.3) is 0 Å². The molecule has 1 unspecified atom stereocenters. The summed E-state index contributed by atoms with van der Waals surface area (Å²) in [4.78, 5) is 29.8. The fourth-order valence-electron chi connectivity index (χ4n) is 5.96. The van der Waals surface area contributed by atoms with E-state index in [1.165, 1.54) is 17.0 Å². The van der Waals surface area contributed by atoms with E-state index in [2.05, 4.69) is 21.2 Å². The minimum absolute atomic E-state index is 0.0707. The van der Waals surface area contributed by atoms with E-state index in [1.54, 1.807) is 43.3 Å². The Balaban J connectivity index is 1.61. The Morgan fingerprint density at radius 3 is 2.18 bits per heavy atom. The Labute approximate surface area is 303 Å². The third-order valence-corrected chi connectivity index (χ3v) is 11.3. The summed E-state index contributed by atoms with van der Waals surface area (Å²) in [7, 11) is -4.61. The number of carbonyl (C=O) groups is 2. The standard InChI is InChI=1S/C37H36BrClF3N3O4S/c1-25-11-18-31(19-12-25)50(48,49)45(30-17-20-33(39)32(22-30)37(40,41)42)24-35(46)44(23-27-13-15-28(38)16-14-27)34(21-26-7-3-2-4-8-26)36(47)43-29-9-5-6-10-29/h2-4,7-8,11-20,22,29,34H,5-6,9-10,21,23-24H2,1H3,(H,43,47). The second-order valence-electron chi connectivity index (χ2n) is 12.3. The Kier molecular flexibility index (Phi) is 12.0. The molecule has 0 aromatic heterocycles. The molecule has 0 spiro atoms. The lowest BCUT2D eigenvalue weighted by molar-refractivity contribution is -0.140. The highest BCUT2D eigenvalue weighted by Crippen LogP contribution is 2.38. The maximum Gasteiger partial charge on any atom is 0.417 e. The fourth-order valence-corrected chi connectivity index (χ4v) is 7.85. The smallest absolute Gasteiger partial charge is 0.352 e. The number of rotatable bonds is 12. The minimum Gasteiger partial charge on any atom is -0.352 e. The lowest BCUT2D eigenvalue weighted by Gasteiger charge is -2.34. The van der Waals surface area contributed by atoms with E-state index in [9.17, 15) is 31.2 Å². The van der Waals surface area contributed by atoms with Gasteiger partial charge < -0.3 is 10.2 Å². The van der Waals surface area contributed by atoms with Crippen LogP contribution in [0.4, 0.5) is 18.9 Å². The molecule has 0 saturated heterocycles. The summed E-state index contributed by atoms with van der Waals surface area (Å²) in [5.41, 5.74) is 0.527. The van der Waals surface area contributed by atoms with E-state index in [0.717, 1.165) is 53.4 Å². The van der Waals surface area contributed by atoms with Gasteiger partial charge in [0.2, 0.25) is 11.8 Å². The predicted molar refractivity (Wildman–Crippen MR) is 191 cm³/mol. The number of sulfonamides is 1. The van der Waals surface area contributed by atoms with E-state index >= 15 is 0 Å². The van der Waals surface area contributed by atoms with Gasteiger partial charge in [-0.05, 0) is 73.4 Å². The van der Waals surface area contributed by atoms with Crippen molar-refractivity contribution in [1.29, 1.82) is 0 Å². The highest BCUT2D eigenvalue weighted by Gasteiger charge is 2.38. The molecule has 2 amide bonds. The van der Waals surface area contributed by atoms with Gasteiger partial charge in [-0.2, -0.15) is 13.2 Å². The fraction of sp³-hybridized carbons (Fsp3) is 0.297. The van der Waals surface area contributed by atoms with Gasteiger partial charge in [-0.1, -0.05) is 101 Å². The van der Waals surface area contributed by atoms with Crippen LogP contribution in [-0.2, 0) is 38.8 Å². The third kappa shape index (κ3) is 9.26. The molecule has 1 fully saturated rings. The Morgan fingerprint density at radius 2 is 1.56 bits per heavy atom. The number of halogens is 5. The molecule has 50 heavy (non-hydrogen) atoms. The molecule has 0 bridgehead atoms. The normalized spacial score (nSPS) is 14.3. The molecular weight excluding hydrogens is 755 g/mol. The van der Waals surface area contributed by atoms with Crippen molar-refractivity contribution in [3.63, 3.8) is 0 Å². The van der Waals surface area contributed by atoms with Gasteiger partial charge in [-0.25, -0.2) is 8.42 Å². The molecule has 5 rings (SSSR count). The number of benzene rings is 4. The number of nitrogens with one attached hydrogen (secondary N) is 1. The van der Waals surface area contributed by atoms with E-state index in [4.69, 9.17) is 11.6 Å². The molecule has 0 radical (unpaired) electrons. The Morgan fingerprint density at radius 1 is 0.920 bits per heavy atom. The van der Waals surface area contributed by atoms with E-state index in [1.807, 2.05) is 30.3 Å². The summed E-state index contributed by atoms with van der Waals surface area (Å²) in [6, 6.07) is 23.6. The first kappa shape index (κ1) is 37.4. The van der Waals surface area contributed by atoms with Crippen LogP contribution in [0, 0.1) is 6.92 Å². The first-order chi connectivity index (χ1) is 23.7. The number of alkyl halides is 3. The SMILES string of the molecule is Cc1ccc(S(=O)(=O)N(CC(=O)N(Cc2ccc(Br)cc2)C(Cc2ccccc2)C(=O)NC2CCCC2)c2ccc(Cl)c(C(F)(F)F)c2)cc1. The van der Waals surface area contributed by atoms with E-state index < -0.39 is 56.9 Å². The van der Waals surface area contributed by atoms with Crippen molar-refractivity contribution in [1.82, 2.24) is 10.2 Å². The Hall–Kier alpha value is -3.87. The first-order valence-corrected chi connectivity index (χ1v) is 18.7. The van der Waals surface area contributed by atoms with Gasteiger partial charge in [-0.15, -0.1) is 0 Å². The number of anilines is 1. The second-order valence-corrected chi connectivity index (χ2v) is 15.5. The van der Waals surface area contributed by atoms with E-state index in [0.29, 0.717) is 15.9 Å². The highest BCUT2D eigenvalue weighted by atomic mass is 79.9. The second kappa shape index (κ2) is 16.0. The van der Waals surface area contributed by atoms with Crippen LogP contribution < -0.4 is 9.62 Å². The number of carbonyl (C=O) groups excluding carboxylic acids is 2. The minimum atomic E-state index is -4.90. The maximum atomic E-state index is 14.6. The quantitative estimate of drug-likeness (QED) is 0.157. The van der Waals surface area contributed by atoms with Crippen molar-refractivity contribution >= 4 is 55.1 Å². The maximum absolute atomic E-state index is 14.6. The summed E-state index contributed by atoms with van der Waals surface area (Å²) in [5, 5.41) is 2.47. The monoisotopic (exact) mass is 789 g/mol. The van der Waals surface area contributed by atoms with Gasteiger partial charge in [0.05, 0.1) is 21.2 Å². The molecule has 264 valence electrons. The topological polar surface area (TPSA) is 86.8 Å². The molecule has 4 aromatic rings. The van der Waals surface area contributed by atoms with Crippen LogP contribution in [0.1, 0.15) is 47.9 Å². The number of hydrogen-bond acceptors (Lipinski definition) is 4. The number of nitrogens with zero attached hydrogens (tertiary/aromatic N) is 2. The van der Waals surface area contributed by atoms with Gasteiger partial charge in [0.15, 0.2) is 0 Å². The molecular formula is C37H36BrClF3N3O4S. The molecule has 1 N–H and O–H groups in total. The van der Waals surface area contributed by atoms with Crippen LogP contribution in [0.5, 0.6) is 0 Å². The van der Waals surface area contributed by atoms with Crippen molar-refractivity contribution in [2.24, 2.45) is 0 Å². The van der Waals surface area contributed by atoms with Crippen molar-refractivity contribution in [2.45, 2.75) is 68.7 Å². The van der Waals surface area contributed by atoms with E-state index in [-0.39, 0.29) is 23.9 Å². The average Bonchev–Trinajstić information content (AvgIpc) is 3.59. The van der Waals surface area contributed by atoms with Crippen molar-refractivity contribution < 1.29 is 31.2 Å². The molecule has 7 nitrogen and oxygen atoms in total. The van der Waals surface area contributed by atoms with Gasteiger partial charge >= 0.3 is 6.18 Å². The molecule has 1 saturated carbocycles. The summed E-state index contributed by atoms with van der Waals surface area (Å²) >= 11 is 9.31. The van der Waals surface area contributed by atoms with Crippen LogP contribution in [0.2, 0.25) is 5.02 Å². The van der Waals surface area contributed by atoms with Crippen LogP contribution in [0.15, 0.2) is 106 Å². The summed E-state index contributed by atoms with van der Waals surface area (Å²) < 4.78 is 71.9. The van der Waals surface area contributed by atoms with Crippen LogP contribution in [0.3, 0.4) is 0 Å². The van der Waals surface area contributed by atoms with Gasteiger partial charge in [0.25, 0.3) is 10.0 Å². The van der Waals surface area contributed by atoms with Gasteiger partial charge in [-0.3, -0.25) is 13.9 Å². The average molecular weight is 791 g/mol. The molecule has 1 aliphatic carbocycles. The third-order valence-electron chi connectivity index (χ3n) is 8.67. The number of aryl methyl sites for hydroxylation is 1. The molecule has 0 aliphatic heterocycles. The molecule has 0 heterocycles. The molecule has 13 heteroatoms. The summed E-state index contributed by atoms with van der Waals surface area (Å²) in [6.45, 7) is 0.790. The molecule has 1 atom stereocenters. The zero-order chi connectivity index (χ0) is 36.1. The molecule has 4 aromatic carbocycles. The largest absolute Gasteiger partial charge is 0.417 e. The lowest BCUT2D eigenvalue weighted by Crippen LogP contribution is -2.54. The zero-order valence-electron chi connectivity index (χ0n) is 27.2. The zero-order valence-corrected chi connectivity index (χ0v) is 30.3. The van der Waals surface area contributed by atoms with Crippen molar-refractivity contribution in [2.75, 3.05) is 10.8 Å².